The minimum atomic E-state index is -1.95. The molecular weight excluding hydrogens is 366 g/mol. The van der Waals surface area contributed by atoms with Gasteiger partial charge in [0.1, 0.15) is 12.2 Å². The lowest BCUT2D eigenvalue weighted by atomic mass is 9.53. The molecule has 5 heteroatoms. The minimum absolute atomic E-state index is 0.0461. The molecule has 0 amide bonds. The number of benzene rings is 1. The molecule has 2 aliphatic carbocycles. The highest BCUT2D eigenvalue weighted by molar-refractivity contribution is 6.74. The smallest absolute Gasteiger partial charge is 0.193 e. The number of piperidine rings is 1. The molecule has 4 aliphatic rings. The van der Waals surface area contributed by atoms with Crippen molar-refractivity contribution in [2.24, 2.45) is 5.92 Å². The van der Waals surface area contributed by atoms with Crippen molar-refractivity contribution < 1.29 is 14.3 Å². The Labute approximate surface area is 169 Å². The van der Waals surface area contributed by atoms with Crippen molar-refractivity contribution in [3.8, 4) is 11.5 Å². The van der Waals surface area contributed by atoms with Crippen LogP contribution < -0.4 is 4.74 Å². The molecule has 1 fully saturated rings. The summed E-state index contributed by atoms with van der Waals surface area (Å²) >= 11 is 0. The van der Waals surface area contributed by atoms with Crippen LogP contribution in [-0.4, -0.2) is 50.2 Å². The Hall–Kier alpha value is -1.30. The summed E-state index contributed by atoms with van der Waals surface area (Å²) in [6.45, 7) is 12.5. The van der Waals surface area contributed by atoms with Crippen LogP contribution in [-0.2, 0) is 16.3 Å². The SMILES string of the molecule is CN1CC[C@]23c4c5ccc(O)c4O[C@H]2[C@@H](O[Si](C)(C)C(C)(C)C)C=C[C@@H]3[C@H]1C5. The molecule has 4 nitrogen and oxygen atoms in total. The second-order valence-electron chi connectivity index (χ2n) is 10.8. The summed E-state index contributed by atoms with van der Waals surface area (Å²) in [6, 6.07) is 4.43. The van der Waals surface area contributed by atoms with Crippen molar-refractivity contribution >= 4 is 8.32 Å². The third kappa shape index (κ3) is 2.24. The topological polar surface area (TPSA) is 41.9 Å². The highest BCUT2D eigenvalue weighted by Gasteiger charge is 2.65. The first-order valence-corrected chi connectivity index (χ1v) is 13.6. The van der Waals surface area contributed by atoms with Crippen LogP contribution >= 0.6 is 0 Å². The molecule has 1 spiro atoms. The largest absolute Gasteiger partial charge is 0.504 e. The zero-order valence-electron chi connectivity index (χ0n) is 18.0. The Morgan fingerprint density at radius 1 is 1.25 bits per heavy atom. The van der Waals surface area contributed by atoms with Crippen molar-refractivity contribution in [2.45, 2.75) is 75.4 Å². The van der Waals surface area contributed by atoms with E-state index in [2.05, 4.69) is 64.0 Å². The fourth-order valence-electron chi connectivity index (χ4n) is 5.84. The number of phenols is 1. The molecule has 1 aromatic carbocycles. The van der Waals surface area contributed by atoms with Gasteiger partial charge in [0.2, 0.25) is 0 Å². The van der Waals surface area contributed by atoms with Crippen molar-refractivity contribution in [1.82, 2.24) is 4.90 Å². The lowest BCUT2D eigenvalue weighted by Crippen LogP contribution is -2.66. The molecule has 28 heavy (non-hydrogen) atoms. The van der Waals surface area contributed by atoms with E-state index >= 15 is 0 Å². The average molecular weight is 400 g/mol. The van der Waals surface area contributed by atoms with Gasteiger partial charge in [0.15, 0.2) is 19.8 Å². The summed E-state index contributed by atoms with van der Waals surface area (Å²) in [4.78, 5) is 2.51. The van der Waals surface area contributed by atoms with E-state index in [0.717, 1.165) is 25.1 Å². The van der Waals surface area contributed by atoms with E-state index in [1.807, 2.05) is 6.07 Å². The van der Waals surface area contributed by atoms with E-state index in [4.69, 9.17) is 9.16 Å². The van der Waals surface area contributed by atoms with E-state index < -0.39 is 8.32 Å². The van der Waals surface area contributed by atoms with Gasteiger partial charge >= 0.3 is 0 Å². The molecule has 1 saturated heterocycles. The average Bonchev–Trinajstić information content (AvgIpc) is 2.96. The maximum Gasteiger partial charge on any atom is 0.193 e. The van der Waals surface area contributed by atoms with Gasteiger partial charge in [0.05, 0.1) is 0 Å². The second kappa shape index (κ2) is 5.64. The number of hydrogen-bond acceptors (Lipinski definition) is 4. The molecule has 0 saturated carbocycles. The Balaban J connectivity index is 1.64. The minimum Gasteiger partial charge on any atom is -0.504 e. The summed E-state index contributed by atoms with van der Waals surface area (Å²) in [6.07, 6.45) is 6.67. The lowest BCUT2D eigenvalue weighted by molar-refractivity contribution is -0.0415. The van der Waals surface area contributed by atoms with E-state index in [0.29, 0.717) is 12.0 Å². The van der Waals surface area contributed by atoms with Gasteiger partial charge in [0, 0.05) is 22.9 Å². The monoisotopic (exact) mass is 399 g/mol. The highest BCUT2D eigenvalue weighted by atomic mass is 28.4. The van der Waals surface area contributed by atoms with Gasteiger partial charge < -0.3 is 19.2 Å². The zero-order chi connectivity index (χ0) is 20.1. The maximum atomic E-state index is 10.6. The first kappa shape index (κ1) is 18.7. The van der Waals surface area contributed by atoms with Gasteiger partial charge in [-0.25, -0.2) is 0 Å². The van der Waals surface area contributed by atoms with E-state index in [-0.39, 0.29) is 28.4 Å². The van der Waals surface area contributed by atoms with Crippen molar-refractivity contribution in [1.29, 1.82) is 0 Å². The van der Waals surface area contributed by atoms with Crippen LogP contribution in [0.2, 0.25) is 18.1 Å². The quantitative estimate of drug-likeness (QED) is 0.597. The van der Waals surface area contributed by atoms with Crippen molar-refractivity contribution in [3.63, 3.8) is 0 Å². The summed E-state index contributed by atoms with van der Waals surface area (Å²) in [5, 5.41) is 10.8. The molecular formula is C23H33NO3Si. The van der Waals surface area contributed by atoms with E-state index in [1.165, 1.54) is 11.1 Å². The molecule has 5 rings (SSSR count). The molecule has 2 aliphatic heterocycles. The fourth-order valence-corrected chi connectivity index (χ4v) is 7.07. The molecule has 0 radical (unpaired) electrons. The molecule has 1 aromatic rings. The van der Waals surface area contributed by atoms with Crippen LogP contribution in [0.4, 0.5) is 0 Å². The molecule has 1 N–H and O–H groups in total. The van der Waals surface area contributed by atoms with Gasteiger partial charge in [-0.2, -0.15) is 0 Å². The van der Waals surface area contributed by atoms with Crippen LogP contribution in [0.5, 0.6) is 11.5 Å². The van der Waals surface area contributed by atoms with Crippen LogP contribution in [0.3, 0.4) is 0 Å². The van der Waals surface area contributed by atoms with Gasteiger partial charge in [-0.15, -0.1) is 0 Å². The molecule has 5 atom stereocenters. The predicted molar refractivity (Wildman–Crippen MR) is 114 cm³/mol. The van der Waals surface area contributed by atoms with Crippen LogP contribution in [0, 0.1) is 5.92 Å². The van der Waals surface area contributed by atoms with Crippen LogP contribution in [0.25, 0.3) is 0 Å². The molecule has 0 unspecified atom stereocenters. The second-order valence-corrected chi connectivity index (χ2v) is 15.5. The molecule has 0 aromatic heterocycles. The van der Waals surface area contributed by atoms with Crippen molar-refractivity contribution in [3.05, 3.63) is 35.4 Å². The van der Waals surface area contributed by atoms with Gasteiger partial charge in [-0.05, 0) is 56.2 Å². The van der Waals surface area contributed by atoms with Crippen LogP contribution in [0.1, 0.15) is 38.3 Å². The summed E-state index contributed by atoms with van der Waals surface area (Å²) < 4.78 is 13.5. The molecule has 152 valence electrons. The highest BCUT2D eigenvalue weighted by Crippen LogP contribution is 2.62. The number of likely N-dealkylation sites (tertiary alicyclic amines) is 1. The fraction of sp³-hybridized carbons (Fsp3) is 0.652. The predicted octanol–water partition coefficient (Wildman–Crippen LogP) is 4.23. The van der Waals surface area contributed by atoms with Gasteiger partial charge in [0.25, 0.3) is 0 Å². The van der Waals surface area contributed by atoms with Crippen molar-refractivity contribution in [2.75, 3.05) is 13.6 Å². The van der Waals surface area contributed by atoms with Gasteiger partial charge in [-0.1, -0.05) is 39.0 Å². The van der Waals surface area contributed by atoms with E-state index in [1.54, 1.807) is 0 Å². The zero-order valence-corrected chi connectivity index (χ0v) is 19.0. The van der Waals surface area contributed by atoms with Gasteiger partial charge in [-0.3, -0.25) is 0 Å². The standard InChI is InChI=1S/C23H33NO3Si/c1-22(2,3)28(5,6)27-18-10-8-15-16-13-14-7-9-17(25)20-19(14)23(15,21(18)26-20)11-12-24(16)4/h7-10,15-16,18,21,25H,11-13H2,1-6H3/t15-,16-,18+,21+,23+/m1/s1. The number of ether oxygens (including phenoxy) is 1. The Kier molecular flexibility index (Phi) is 3.77. The first-order valence-electron chi connectivity index (χ1n) is 10.6. The number of likely N-dealkylation sites (N-methyl/N-ethyl adjacent to an activating group) is 1. The number of rotatable bonds is 2. The summed E-state index contributed by atoms with van der Waals surface area (Å²) in [7, 11) is 0.302. The number of aromatic hydroxyl groups is 1. The molecule has 2 bridgehead atoms. The van der Waals surface area contributed by atoms with E-state index in [9.17, 15) is 5.11 Å². The Morgan fingerprint density at radius 2 is 2.00 bits per heavy atom. The summed E-state index contributed by atoms with van der Waals surface area (Å²) in [5.41, 5.74) is 2.56. The number of phenolic OH excluding ortho intramolecular Hbond substituents is 1. The number of nitrogens with zero attached hydrogens (tertiary/aromatic N) is 1. The lowest BCUT2D eigenvalue weighted by Gasteiger charge is -2.57. The Bertz CT molecular complexity index is 858. The Morgan fingerprint density at radius 3 is 2.71 bits per heavy atom. The maximum absolute atomic E-state index is 10.6. The number of hydrogen-bond donors (Lipinski definition) is 1. The third-order valence-electron chi connectivity index (χ3n) is 8.37. The first-order chi connectivity index (χ1) is 13.1. The normalized spacial score (nSPS) is 36.2. The summed E-state index contributed by atoms with van der Waals surface area (Å²) in [5.74, 6) is 1.43. The van der Waals surface area contributed by atoms with Crippen LogP contribution in [0.15, 0.2) is 24.3 Å². The third-order valence-corrected chi connectivity index (χ3v) is 12.8. The molecule has 2 heterocycles.